The molecule has 150 valence electrons. The van der Waals surface area contributed by atoms with Crippen LogP contribution < -0.4 is 20.1 Å². The van der Waals surface area contributed by atoms with E-state index in [1.165, 1.54) is 23.5 Å². The quantitative estimate of drug-likeness (QED) is 0.618. The highest BCUT2D eigenvalue weighted by Crippen LogP contribution is 2.32. The second-order valence-corrected chi connectivity index (χ2v) is 9.20. The largest absolute Gasteiger partial charge is 0.454 e. The summed E-state index contributed by atoms with van der Waals surface area (Å²) >= 11 is 1.28. The van der Waals surface area contributed by atoms with E-state index in [1.54, 1.807) is 17.5 Å². The number of benzene rings is 2. The van der Waals surface area contributed by atoms with Gasteiger partial charge in [-0.15, -0.1) is 11.3 Å². The zero-order valence-electron chi connectivity index (χ0n) is 15.3. The van der Waals surface area contributed by atoms with Crippen molar-refractivity contribution in [3.05, 3.63) is 59.1 Å². The Morgan fingerprint density at radius 3 is 2.66 bits per heavy atom. The van der Waals surface area contributed by atoms with Gasteiger partial charge in [0.25, 0.3) is 5.91 Å². The minimum Gasteiger partial charge on any atom is -0.454 e. The summed E-state index contributed by atoms with van der Waals surface area (Å²) in [5.74, 6) is 1.07. The first-order valence-corrected chi connectivity index (χ1v) is 11.3. The lowest BCUT2D eigenvalue weighted by Gasteiger charge is -2.05. The number of nitrogens with zero attached hydrogens (tertiary/aromatic N) is 1. The molecule has 1 amide bonds. The van der Waals surface area contributed by atoms with Crippen LogP contribution >= 0.6 is 11.3 Å². The van der Waals surface area contributed by atoms with E-state index in [0.717, 1.165) is 11.8 Å². The van der Waals surface area contributed by atoms with Gasteiger partial charge in [-0.1, -0.05) is 6.07 Å². The van der Waals surface area contributed by atoms with E-state index in [1.807, 2.05) is 18.2 Å². The molecule has 2 heterocycles. The minimum absolute atomic E-state index is 0.205. The average molecular weight is 431 g/mol. The van der Waals surface area contributed by atoms with E-state index < -0.39 is 9.84 Å². The lowest BCUT2D eigenvalue weighted by Crippen LogP contribution is -2.23. The highest BCUT2D eigenvalue weighted by Gasteiger charge is 2.15. The number of anilines is 2. The van der Waals surface area contributed by atoms with Gasteiger partial charge in [0.1, 0.15) is 5.69 Å². The van der Waals surface area contributed by atoms with E-state index in [4.69, 9.17) is 9.47 Å². The molecule has 4 rings (SSSR count). The predicted octanol–water partition coefficient (Wildman–Crippen LogP) is 2.95. The van der Waals surface area contributed by atoms with Crippen LogP contribution in [0, 0.1) is 0 Å². The maximum atomic E-state index is 12.4. The Morgan fingerprint density at radius 2 is 1.90 bits per heavy atom. The van der Waals surface area contributed by atoms with Crippen molar-refractivity contribution < 1.29 is 22.7 Å². The first-order valence-electron chi connectivity index (χ1n) is 8.58. The van der Waals surface area contributed by atoms with Crippen molar-refractivity contribution in [3.63, 3.8) is 0 Å². The zero-order valence-corrected chi connectivity index (χ0v) is 17.0. The number of carbonyl (C=O) groups excluding carboxylic acids is 1. The third-order valence-electron chi connectivity index (χ3n) is 4.16. The number of fused-ring (bicyclic) bond motifs is 1. The Labute approximate surface area is 171 Å². The summed E-state index contributed by atoms with van der Waals surface area (Å²) in [5.41, 5.74) is 1.87. The molecule has 8 nitrogen and oxygen atoms in total. The zero-order chi connectivity index (χ0) is 20.4. The molecule has 2 N–H and O–H groups in total. The molecule has 0 fully saturated rings. The summed E-state index contributed by atoms with van der Waals surface area (Å²) in [6, 6.07) is 11.8. The number of nitrogens with one attached hydrogen (secondary N) is 2. The van der Waals surface area contributed by atoms with Gasteiger partial charge in [-0.3, -0.25) is 4.79 Å². The smallest absolute Gasteiger partial charge is 0.271 e. The lowest BCUT2D eigenvalue weighted by molar-refractivity contribution is 0.0946. The van der Waals surface area contributed by atoms with Gasteiger partial charge in [-0.25, -0.2) is 13.4 Å². The molecule has 0 spiro atoms. The topological polar surface area (TPSA) is 107 Å². The van der Waals surface area contributed by atoms with Crippen molar-refractivity contribution in [2.45, 2.75) is 11.4 Å². The minimum atomic E-state index is -3.24. The third-order valence-corrected chi connectivity index (χ3v) is 6.05. The molecular formula is C19H17N3O5S2. The molecule has 0 bridgehead atoms. The van der Waals surface area contributed by atoms with Crippen LogP contribution in [-0.2, 0) is 16.4 Å². The molecule has 29 heavy (non-hydrogen) atoms. The van der Waals surface area contributed by atoms with Gasteiger partial charge in [0.15, 0.2) is 26.5 Å². The fourth-order valence-electron chi connectivity index (χ4n) is 2.67. The lowest BCUT2D eigenvalue weighted by atomic mass is 10.2. The van der Waals surface area contributed by atoms with Gasteiger partial charge in [0.2, 0.25) is 6.79 Å². The van der Waals surface area contributed by atoms with E-state index in [0.29, 0.717) is 34.6 Å². The van der Waals surface area contributed by atoms with Crippen LogP contribution in [-0.4, -0.2) is 32.4 Å². The number of aromatic nitrogens is 1. The van der Waals surface area contributed by atoms with Crippen molar-refractivity contribution in [3.8, 4) is 11.5 Å². The van der Waals surface area contributed by atoms with Gasteiger partial charge in [0, 0.05) is 23.9 Å². The number of hydrogen-bond donors (Lipinski definition) is 2. The van der Waals surface area contributed by atoms with Crippen LogP contribution in [0.2, 0.25) is 0 Å². The number of ether oxygens (including phenoxy) is 2. The van der Waals surface area contributed by atoms with Crippen molar-refractivity contribution >= 4 is 37.9 Å². The Bertz CT molecular complexity index is 1160. The summed E-state index contributed by atoms with van der Waals surface area (Å²) in [4.78, 5) is 16.9. The summed E-state index contributed by atoms with van der Waals surface area (Å²) < 4.78 is 33.6. The van der Waals surface area contributed by atoms with Crippen LogP contribution in [0.25, 0.3) is 0 Å². The number of carbonyl (C=O) groups is 1. The second-order valence-electron chi connectivity index (χ2n) is 6.33. The Hall–Kier alpha value is -3.11. The fraction of sp³-hybridized carbons (Fsp3) is 0.158. The number of sulfone groups is 1. The molecule has 0 saturated heterocycles. The summed E-state index contributed by atoms with van der Waals surface area (Å²) in [7, 11) is -3.24. The van der Waals surface area contributed by atoms with Crippen molar-refractivity contribution in [1.29, 1.82) is 0 Å². The SMILES string of the molecule is CS(=O)(=O)c1ccc(Nc2nc(C(=O)NCc3ccc4c(c3)OCO4)cs2)cc1. The molecule has 10 heteroatoms. The van der Waals surface area contributed by atoms with E-state index >= 15 is 0 Å². The highest BCUT2D eigenvalue weighted by atomic mass is 32.2. The van der Waals surface area contributed by atoms with E-state index in [2.05, 4.69) is 15.6 Å². The number of hydrogen-bond acceptors (Lipinski definition) is 8. The molecule has 0 unspecified atom stereocenters. The Kier molecular flexibility index (Phi) is 5.12. The van der Waals surface area contributed by atoms with Gasteiger partial charge in [-0.05, 0) is 42.0 Å². The van der Waals surface area contributed by atoms with E-state index in [9.17, 15) is 13.2 Å². The maximum absolute atomic E-state index is 12.4. The average Bonchev–Trinajstić information content (AvgIpc) is 3.35. The molecule has 0 saturated carbocycles. The first-order chi connectivity index (χ1) is 13.9. The second kappa shape index (κ2) is 7.72. The van der Waals surface area contributed by atoms with Gasteiger partial charge in [0.05, 0.1) is 4.90 Å². The molecule has 0 radical (unpaired) electrons. The predicted molar refractivity (Wildman–Crippen MR) is 109 cm³/mol. The summed E-state index contributed by atoms with van der Waals surface area (Å²) in [6.45, 7) is 0.541. The van der Waals surface area contributed by atoms with Crippen molar-refractivity contribution in [1.82, 2.24) is 10.3 Å². The van der Waals surface area contributed by atoms with Crippen LogP contribution in [0.5, 0.6) is 11.5 Å². The highest BCUT2D eigenvalue weighted by molar-refractivity contribution is 7.90. The van der Waals surface area contributed by atoms with Gasteiger partial charge >= 0.3 is 0 Å². The van der Waals surface area contributed by atoms with Crippen molar-refractivity contribution in [2.24, 2.45) is 0 Å². The van der Waals surface area contributed by atoms with Gasteiger partial charge in [-0.2, -0.15) is 0 Å². The molecule has 1 aliphatic rings. The molecule has 1 aromatic heterocycles. The van der Waals surface area contributed by atoms with Crippen molar-refractivity contribution in [2.75, 3.05) is 18.4 Å². The standard InChI is InChI=1S/C19H17N3O5S2/c1-29(24,25)14-5-3-13(4-6-14)21-19-22-15(10-28-19)18(23)20-9-12-2-7-16-17(8-12)27-11-26-16/h2-8,10H,9,11H2,1H3,(H,20,23)(H,21,22). The molecule has 3 aromatic rings. The van der Waals surface area contributed by atoms with E-state index in [-0.39, 0.29) is 17.6 Å². The Morgan fingerprint density at radius 1 is 1.14 bits per heavy atom. The molecule has 2 aromatic carbocycles. The number of rotatable bonds is 6. The molecule has 0 aliphatic carbocycles. The molecule has 1 aliphatic heterocycles. The Balaban J connectivity index is 1.36. The fourth-order valence-corrected chi connectivity index (χ4v) is 4.01. The molecular weight excluding hydrogens is 414 g/mol. The summed E-state index contributed by atoms with van der Waals surface area (Å²) in [6.07, 6.45) is 1.16. The first kappa shape index (κ1) is 19.2. The normalized spacial score (nSPS) is 12.6. The third kappa shape index (κ3) is 4.49. The van der Waals surface area contributed by atoms with Crippen LogP contribution in [0.4, 0.5) is 10.8 Å². The van der Waals surface area contributed by atoms with Crippen LogP contribution in [0.3, 0.4) is 0 Å². The maximum Gasteiger partial charge on any atom is 0.271 e. The van der Waals surface area contributed by atoms with Crippen LogP contribution in [0.15, 0.2) is 52.7 Å². The summed E-state index contributed by atoms with van der Waals surface area (Å²) in [5, 5.41) is 8.07. The number of amides is 1. The van der Waals surface area contributed by atoms with Gasteiger partial charge < -0.3 is 20.1 Å². The monoisotopic (exact) mass is 431 g/mol. The van der Waals surface area contributed by atoms with Crippen LogP contribution in [0.1, 0.15) is 16.1 Å². The number of thiazole rings is 1. The molecule has 0 atom stereocenters.